The Bertz CT molecular complexity index is 290. The molecule has 0 atom stereocenters. The lowest BCUT2D eigenvalue weighted by molar-refractivity contribution is -0.802. The average Bonchev–Trinajstić information content (AvgIpc) is 2.14. The van der Waals surface area contributed by atoms with Gasteiger partial charge in [0.1, 0.15) is 0 Å². The zero-order chi connectivity index (χ0) is 11.9. The van der Waals surface area contributed by atoms with E-state index in [4.69, 9.17) is 17.0 Å². The number of nitrogens with two attached hydrogens (primary N) is 3. The molecule has 0 aliphatic carbocycles. The maximum Gasteiger partial charge on any atom is 0.258 e. The van der Waals surface area contributed by atoms with Gasteiger partial charge in [0.2, 0.25) is 10.0 Å². The molecule has 0 fully saturated rings. The second kappa shape index (κ2) is 6.56. The molecule has 0 rings (SSSR count). The lowest BCUT2D eigenvalue weighted by Gasteiger charge is -2.16. The van der Waals surface area contributed by atoms with Crippen LogP contribution in [0.2, 0.25) is 0 Å². The van der Waals surface area contributed by atoms with Gasteiger partial charge in [-0.25, -0.2) is 8.42 Å². The molecule has 0 aliphatic rings. The number of hydrogen-bond donors (Lipinski definition) is 5. The van der Waals surface area contributed by atoms with E-state index >= 15 is 0 Å². The number of nitrogens with one attached hydrogen (secondary N) is 2. The smallest absolute Gasteiger partial charge is 0.258 e. The Morgan fingerprint density at radius 1 is 1.53 bits per heavy atom. The summed E-state index contributed by atoms with van der Waals surface area (Å²) >= 11 is 0. The van der Waals surface area contributed by atoms with Crippen LogP contribution >= 0.6 is 0 Å². The molecule has 9 heteroatoms. The molecule has 0 heterocycles. The van der Waals surface area contributed by atoms with Crippen molar-refractivity contribution in [3.63, 3.8) is 0 Å². The molecule has 90 valence electrons. The van der Waals surface area contributed by atoms with E-state index in [0.29, 0.717) is 6.42 Å². The first-order valence-electron chi connectivity index (χ1n) is 4.61. The van der Waals surface area contributed by atoms with Crippen molar-refractivity contribution in [1.82, 2.24) is 9.95 Å². The van der Waals surface area contributed by atoms with Crippen molar-refractivity contribution in [2.45, 2.75) is 26.2 Å². The summed E-state index contributed by atoms with van der Waals surface area (Å²) in [7, 11) is -3.47. The highest BCUT2D eigenvalue weighted by molar-refractivity contribution is 7.89. The van der Waals surface area contributed by atoms with Crippen LogP contribution in [0.4, 0.5) is 0 Å². The van der Waals surface area contributed by atoms with Crippen molar-refractivity contribution in [3.8, 4) is 0 Å². The number of hydrogen-bond acceptors (Lipinski definition) is 4. The van der Waals surface area contributed by atoms with Crippen molar-refractivity contribution < 1.29 is 14.0 Å². The third kappa shape index (κ3) is 6.23. The molecule has 0 aromatic rings. The molecule has 0 aliphatic heterocycles. The van der Waals surface area contributed by atoms with Crippen molar-refractivity contribution >= 4 is 16.0 Å². The summed E-state index contributed by atoms with van der Waals surface area (Å²) in [6.45, 7) is 1.98. The molecule has 0 spiro atoms. The van der Waals surface area contributed by atoms with E-state index in [1.807, 2.05) is 6.92 Å². The Hall–Kier alpha value is -0.900. The van der Waals surface area contributed by atoms with E-state index in [-0.39, 0.29) is 5.75 Å². The fraction of sp³-hybridized carbons (Fsp3) is 0.833. The van der Waals surface area contributed by atoms with Gasteiger partial charge in [-0.3, -0.25) is 5.41 Å². The predicted octanol–water partition coefficient (Wildman–Crippen LogP) is -2.44. The van der Waals surface area contributed by atoms with Crippen molar-refractivity contribution in [3.05, 3.63) is 0 Å². The molecular formula is C6H19N6O2S+. The van der Waals surface area contributed by atoms with Crippen LogP contribution in [-0.2, 0) is 10.0 Å². The summed E-state index contributed by atoms with van der Waals surface area (Å²) in [4.78, 5) is 2.08. The molecule has 0 unspecified atom stereocenters. The summed E-state index contributed by atoms with van der Waals surface area (Å²) in [6.07, 6.45) is 2.35. The van der Waals surface area contributed by atoms with E-state index in [0.717, 1.165) is 23.5 Å². The van der Waals surface area contributed by atoms with Crippen LogP contribution in [0.1, 0.15) is 26.2 Å². The molecule has 0 aromatic carbocycles. The largest absolute Gasteiger partial charge is 0.365 e. The van der Waals surface area contributed by atoms with Crippen molar-refractivity contribution in [1.29, 1.82) is 5.41 Å². The molecular weight excluding hydrogens is 220 g/mol. The summed E-state index contributed by atoms with van der Waals surface area (Å²) < 4.78 is 22.8. The van der Waals surface area contributed by atoms with Gasteiger partial charge >= 0.3 is 0 Å². The number of quaternary nitrogens is 1. The summed E-state index contributed by atoms with van der Waals surface area (Å²) in [5.41, 5.74) is 5.97. The van der Waals surface area contributed by atoms with E-state index in [2.05, 4.69) is 4.83 Å². The van der Waals surface area contributed by atoms with Crippen LogP contribution in [0.15, 0.2) is 0 Å². The lowest BCUT2D eigenvalue weighted by atomic mass is 10.3. The number of nitrogens with zero attached hydrogens (tertiary/aromatic N) is 1. The van der Waals surface area contributed by atoms with Gasteiger partial charge in [0.25, 0.3) is 5.96 Å². The van der Waals surface area contributed by atoms with E-state index < -0.39 is 16.0 Å². The highest BCUT2D eigenvalue weighted by atomic mass is 32.2. The maximum atomic E-state index is 11.4. The van der Waals surface area contributed by atoms with Gasteiger partial charge in [0, 0.05) is 0 Å². The molecule has 0 amide bonds. The minimum absolute atomic E-state index is 0.00153. The third-order valence-corrected chi connectivity index (χ3v) is 2.96. The van der Waals surface area contributed by atoms with Gasteiger partial charge < -0.3 is 5.73 Å². The van der Waals surface area contributed by atoms with E-state index in [1.165, 1.54) is 0 Å². The number of sulfonamides is 1. The lowest BCUT2D eigenvalue weighted by Crippen LogP contribution is -3.03. The van der Waals surface area contributed by atoms with Gasteiger partial charge in [-0.1, -0.05) is 29.7 Å². The van der Waals surface area contributed by atoms with Crippen molar-refractivity contribution in [2.75, 3.05) is 5.75 Å². The Labute approximate surface area is 89.5 Å². The highest BCUT2D eigenvalue weighted by Crippen LogP contribution is 1.97. The molecule has 0 saturated carbocycles. The van der Waals surface area contributed by atoms with E-state index in [9.17, 15) is 8.42 Å². The first-order valence-corrected chi connectivity index (χ1v) is 6.26. The monoisotopic (exact) mass is 239 g/mol. The summed E-state index contributed by atoms with van der Waals surface area (Å²) in [5.74, 6) is 4.61. The van der Waals surface area contributed by atoms with Gasteiger partial charge in [-0.15, -0.1) is 0 Å². The Morgan fingerprint density at radius 3 is 2.53 bits per heavy atom. The van der Waals surface area contributed by atoms with Crippen LogP contribution in [0.5, 0.6) is 0 Å². The van der Waals surface area contributed by atoms with Gasteiger partial charge in [0.05, 0.1) is 5.75 Å². The molecule has 15 heavy (non-hydrogen) atoms. The standard InChI is InChI=1S/C6H18N6O2S/c1-2-3-4-5-15(13,14)11-12(10-9)6(7)8/h10-11H,2-5,9H2,1H3,(H3,7,8)/p+1. The normalized spacial score (nSPS) is 11.3. The molecule has 8 N–H and O–H groups in total. The Balaban J connectivity index is 4.17. The first kappa shape index (κ1) is 14.1. The molecule has 0 aromatic heterocycles. The van der Waals surface area contributed by atoms with Crippen LogP contribution in [0, 0.1) is 5.41 Å². The molecule has 0 saturated heterocycles. The molecule has 8 nitrogen and oxygen atoms in total. The fourth-order valence-electron chi connectivity index (χ4n) is 0.897. The molecule has 0 bridgehead atoms. The average molecular weight is 239 g/mol. The maximum absolute atomic E-state index is 11.4. The predicted molar refractivity (Wildman–Crippen MR) is 56.3 cm³/mol. The van der Waals surface area contributed by atoms with Crippen LogP contribution in [0.3, 0.4) is 0 Å². The minimum Gasteiger partial charge on any atom is -0.365 e. The van der Waals surface area contributed by atoms with E-state index in [1.54, 1.807) is 0 Å². The quantitative estimate of drug-likeness (QED) is 0.110. The first-order chi connectivity index (χ1) is 6.93. The van der Waals surface area contributed by atoms with Gasteiger partial charge in [0.15, 0.2) is 0 Å². The Morgan fingerprint density at radius 2 is 2.13 bits per heavy atom. The zero-order valence-electron chi connectivity index (χ0n) is 8.73. The number of unbranched alkanes of at least 4 members (excludes halogenated alkanes) is 2. The number of guanidine groups is 1. The van der Waals surface area contributed by atoms with Gasteiger partial charge in [-0.05, 0) is 6.42 Å². The second-order valence-corrected chi connectivity index (χ2v) is 4.84. The van der Waals surface area contributed by atoms with Crippen LogP contribution < -0.4 is 21.9 Å². The minimum atomic E-state index is -3.47. The zero-order valence-corrected chi connectivity index (χ0v) is 9.55. The van der Waals surface area contributed by atoms with Crippen molar-refractivity contribution in [2.24, 2.45) is 11.6 Å². The summed E-state index contributed by atoms with van der Waals surface area (Å²) in [5, 5.41) is 7.76. The SMILES string of the molecule is CCCCCS(=O)(=O)NN([NH2+]N)C(=N)N. The number of hydrazine groups is 1. The molecule has 0 radical (unpaired) electrons. The van der Waals surface area contributed by atoms with Crippen LogP contribution in [-0.4, -0.2) is 25.2 Å². The highest BCUT2D eigenvalue weighted by Gasteiger charge is 2.17. The van der Waals surface area contributed by atoms with Crippen LogP contribution in [0.25, 0.3) is 0 Å². The number of rotatable bonds is 7. The second-order valence-electron chi connectivity index (χ2n) is 3.02. The third-order valence-electron chi connectivity index (χ3n) is 1.66. The Kier molecular flexibility index (Phi) is 6.17. The van der Waals surface area contributed by atoms with Gasteiger partial charge in [-0.2, -0.15) is 11.4 Å². The fourth-order valence-corrected chi connectivity index (χ4v) is 2.03. The summed E-state index contributed by atoms with van der Waals surface area (Å²) in [6, 6.07) is 0. The topological polar surface area (TPSA) is 142 Å².